The number of alkyl halides is 3. The van der Waals surface area contributed by atoms with Gasteiger partial charge in [0.2, 0.25) is 0 Å². The van der Waals surface area contributed by atoms with Gasteiger partial charge in [-0.3, -0.25) is 0 Å². The Labute approximate surface area is 81.1 Å². The normalized spacial score (nSPS) is 11.4. The maximum atomic E-state index is 12.2. The topological polar surface area (TPSA) is 50.2 Å². The Morgan fingerprint density at radius 1 is 1.43 bits per heavy atom. The van der Waals surface area contributed by atoms with E-state index in [4.69, 9.17) is 16.7 Å². The quantitative estimate of drug-likeness (QED) is 0.799. The Morgan fingerprint density at radius 3 is 2.43 bits per heavy atom. The molecule has 0 atom stereocenters. The van der Waals surface area contributed by atoms with Gasteiger partial charge in [-0.05, 0) is 12.1 Å². The van der Waals surface area contributed by atoms with Crippen LogP contribution in [0.15, 0.2) is 12.1 Å². The Morgan fingerprint density at radius 2 is 2.00 bits per heavy atom. The molecule has 1 aromatic rings. The maximum absolute atomic E-state index is 12.2. The van der Waals surface area contributed by atoms with E-state index in [1.807, 2.05) is 0 Å². The average molecular weight is 226 g/mol. The molecular weight excluding hydrogens is 223 g/mol. The molecule has 0 radical (unpaired) electrons. The maximum Gasteiger partial charge on any atom is 0.434 e. The molecule has 0 aliphatic carbocycles. The highest BCUT2D eigenvalue weighted by atomic mass is 35.5. The Kier molecular flexibility index (Phi) is 2.66. The second-order valence-corrected chi connectivity index (χ2v) is 2.74. The number of halogens is 4. The van der Waals surface area contributed by atoms with E-state index in [0.717, 1.165) is 12.1 Å². The number of carbonyl (C=O) groups is 1. The number of hydrogen-bond acceptors (Lipinski definition) is 2. The van der Waals surface area contributed by atoms with Crippen molar-refractivity contribution in [3.8, 4) is 0 Å². The third-order valence-corrected chi connectivity index (χ3v) is 1.64. The van der Waals surface area contributed by atoms with E-state index >= 15 is 0 Å². The van der Waals surface area contributed by atoms with Crippen molar-refractivity contribution in [2.75, 3.05) is 0 Å². The van der Waals surface area contributed by atoms with Crippen LogP contribution < -0.4 is 0 Å². The zero-order chi connectivity index (χ0) is 10.9. The molecule has 0 fully saturated rings. The van der Waals surface area contributed by atoms with Gasteiger partial charge in [-0.15, -0.1) is 0 Å². The van der Waals surface area contributed by atoms with E-state index in [-0.39, 0.29) is 0 Å². The highest BCUT2D eigenvalue weighted by molar-refractivity contribution is 6.31. The van der Waals surface area contributed by atoms with Crippen LogP contribution in [0.25, 0.3) is 0 Å². The summed E-state index contributed by atoms with van der Waals surface area (Å²) in [4.78, 5) is 13.2. The minimum Gasteiger partial charge on any atom is -0.477 e. The first-order valence-corrected chi connectivity index (χ1v) is 3.67. The van der Waals surface area contributed by atoms with E-state index in [1.165, 1.54) is 0 Å². The van der Waals surface area contributed by atoms with E-state index < -0.39 is 28.6 Å². The van der Waals surface area contributed by atoms with Crippen LogP contribution in [0.3, 0.4) is 0 Å². The van der Waals surface area contributed by atoms with Gasteiger partial charge in [0.1, 0.15) is 5.69 Å². The smallest absolute Gasteiger partial charge is 0.434 e. The van der Waals surface area contributed by atoms with Crippen LogP contribution in [0.4, 0.5) is 13.2 Å². The van der Waals surface area contributed by atoms with Gasteiger partial charge in [0, 0.05) is 0 Å². The van der Waals surface area contributed by atoms with Crippen LogP contribution >= 0.6 is 11.6 Å². The lowest BCUT2D eigenvalue weighted by Crippen LogP contribution is -2.12. The van der Waals surface area contributed by atoms with Gasteiger partial charge in [0.15, 0.2) is 5.69 Å². The van der Waals surface area contributed by atoms with Crippen LogP contribution in [0.1, 0.15) is 16.2 Å². The second-order valence-electron chi connectivity index (χ2n) is 2.33. The zero-order valence-electron chi connectivity index (χ0n) is 6.47. The van der Waals surface area contributed by atoms with Crippen LogP contribution in [0, 0.1) is 0 Å². The molecule has 0 bridgehead atoms. The summed E-state index contributed by atoms with van der Waals surface area (Å²) in [6.07, 6.45) is -4.75. The number of hydrogen-bond donors (Lipinski definition) is 1. The molecule has 1 rings (SSSR count). The van der Waals surface area contributed by atoms with E-state index in [2.05, 4.69) is 4.98 Å². The Bertz CT molecular complexity index is 378. The van der Waals surface area contributed by atoms with Crippen molar-refractivity contribution in [2.45, 2.75) is 6.18 Å². The third kappa shape index (κ3) is 2.14. The fourth-order valence-corrected chi connectivity index (χ4v) is 0.972. The zero-order valence-corrected chi connectivity index (χ0v) is 7.23. The number of pyridine rings is 1. The van der Waals surface area contributed by atoms with Crippen molar-refractivity contribution in [3.05, 3.63) is 28.5 Å². The lowest BCUT2D eigenvalue weighted by atomic mass is 10.3. The summed E-state index contributed by atoms with van der Waals surface area (Å²) in [7, 11) is 0. The first kappa shape index (κ1) is 10.8. The molecule has 1 aromatic heterocycles. The monoisotopic (exact) mass is 225 g/mol. The molecule has 0 amide bonds. The molecule has 1 heterocycles. The molecule has 0 aliphatic rings. The van der Waals surface area contributed by atoms with Gasteiger partial charge in [-0.25, -0.2) is 9.78 Å². The number of carboxylic acid groups (broad SMARTS) is 1. The summed E-state index contributed by atoms with van der Waals surface area (Å²) in [6.45, 7) is 0. The fraction of sp³-hybridized carbons (Fsp3) is 0.143. The van der Waals surface area contributed by atoms with Crippen molar-refractivity contribution < 1.29 is 23.1 Å². The minimum atomic E-state index is -4.75. The predicted molar refractivity (Wildman–Crippen MR) is 41.2 cm³/mol. The Hall–Kier alpha value is -1.30. The van der Waals surface area contributed by atoms with Gasteiger partial charge >= 0.3 is 12.1 Å². The predicted octanol–water partition coefficient (Wildman–Crippen LogP) is 2.45. The largest absolute Gasteiger partial charge is 0.477 e. The SMILES string of the molecule is O=C(O)c1ccc(Cl)c(C(F)(F)F)n1. The van der Waals surface area contributed by atoms with Gasteiger partial charge in [-0.2, -0.15) is 13.2 Å². The fourth-order valence-electron chi connectivity index (χ4n) is 0.760. The molecule has 0 saturated carbocycles. The molecule has 76 valence electrons. The van der Waals surface area contributed by atoms with Crippen LogP contribution in [-0.2, 0) is 6.18 Å². The van der Waals surface area contributed by atoms with Crippen LogP contribution in [0.2, 0.25) is 5.02 Å². The van der Waals surface area contributed by atoms with Gasteiger partial charge in [0.05, 0.1) is 5.02 Å². The number of aromatic nitrogens is 1. The summed E-state index contributed by atoms with van der Waals surface area (Å²) in [5.74, 6) is -1.54. The molecule has 0 unspecified atom stereocenters. The summed E-state index contributed by atoms with van der Waals surface area (Å²) >= 11 is 5.21. The van der Waals surface area contributed by atoms with Crippen molar-refractivity contribution >= 4 is 17.6 Å². The van der Waals surface area contributed by atoms with Gasteiger partial charge < -0.3 is 5.11 Å². The summed E-state index contributed by atoms with van der Waals surface area (Å²) in [6, 6.07) is 1.75. The van der Waals surface area contributed by atoms with E-state index in [9.17, 15) is 18.0 Å². The van der Waals surface area contributed by atoms with Crippen LogP contribution in [-0.4, -0.2) is 16.1 Å². The van der Waals surface area contributed by atoms with Crippen LogP contribution in [0.5, 0.6) is 0 Å². The van der Waals surface area contributed by atoms with Crippen molar-refractivity contribution in [1.82, 2.24) is 4.98 Å². The Balaban J connectivity index is 3.29. The molecule has 0 saturated heterocycles. The van der Waals surface area contributed by atoms with E-state index in [1.54, 1.807) is 0 Å². The molecule has 1 N–H and O–H groups in total. The molecule has 0 spiro atoms. The number of aromatic carboxylic acids is 1. The molecule has 7 heteroatoms. The van der Waals surface area contributed by atoms with E-state index in [0.29, 0.717) is 0 Å². The summed E-state index contributed by atoms with van der Waals surface area (Å²) < 4.78 is 36.5. The first-order chi connectivity index (χ1) is 6.32. The molecule has 0 aliphatic heterocycles. The lowest BCUT2D eigenvalue weighted by molar-refractivity contribution is -0.141. The van der Waals surface area contributed by atoms with Crippen molar-refractivity contribution in [2.24, 2.45) is 0 Å². The highest BCUT2D eigenvalue weighted by Gasteiger charge is 2.35. The standard InChI is InChI=1S/C7H3ClF3NO2/c8-3-1-2-4(6(13)14)12-5(3)7(9,10)11/h1-2H,(H,13,14). The third-order valence-electron chi connectivity index (χ3n) is 1.33. The molecule has 3 nitrogen and oxygen atoms in total. The highest BCUT2D eigenvalue weighted by Crippen LogP contribution is 2.32. The second kappa shape index (κ2) is 3.45. The first-order valence-electron chi connectivity index (χ1n) is 3.29. The van der Waals surface area contributed by atoms with Crippen molar-refractivity contribution in [1.29, 1.82) is 0 Å². The average Bonchev–Trinajstić information content (AvgIpc) is 2.02. The number of carboxylic acids is 1. The lowest BCUT2D eigenvalue weighted by Gasteiger charge is -2.07. The number of rotatable bonds is 1. The summed E-state index contributed by atoms with van der Waals surface area (Å²) in [5, 5.41) is 7.77. The van der Waals surface area contributed by atoms with Gasteiger partial charge in [-0.1, -0.05) is 11.6 Å². The summed E-state index contributed by atoms with van der Waals surface area (Å²) in [5.41, 5.74) is -2.08. The van der Waals surface area contributed by atoms with Crippen molar-refractivity contribution in [3.63, 3.8) is 0 Å². The number of nitrogens with zero attached hydrogens (tertiary/aromatic N) is 1. The molecule has 14 heavy (non-hydrogen) atoms. The van der Waals surface area contributed by atoms with Gasteiger partial charge in [0.25, 0.3) is 0 Å². The molecule has 0 aromatic carbocycles. The molecular formula is C7H3ClF3NO2. The minimum absolute atomic E-state index is 0.623.